The molecule has 1 amide bonds. The van der Waals surface area contributed by atoms with Gasteiger partial charge in [-0.1, -0.05) is 19.1 Å². The zero-order valence-electron chi connectivity index (χ0n) is 11.6. The summed E-state index contributed by atoms with van der Waals surface area (Å²) in [4.78, 5) is 24.8. The van der Waals surface area contributed by atoms with E-state index in [-0.39, 0.29) is 29.4 Å². The van der Waals surface area contributed by atoms with Gasteiger partial charge in [0.1, 0.15) is 6.04 Å². The number of carboxylic acids is 1. The number of hydrogen-bond acceptors (Lipinski definition) is 5. The number of aromatic hydroxyl groups is 1. The summed E-state index contributed by atoms with van der Waals surface area (Å²) < 4.78 is 5.29. The summed E-state index contributed by atoms with van der Waals surface area (Å²) in [6.45, 7) is 1.62. The topological polar surface area (TPSA) is 87.1 Å². The lowest BCUT2D eigenvalue weighted by Gasteiger charge is -2.26. The summed E-state index contributed by atoms with van der Waals surface area (Å²) in [5.74, 6) is -0.853. The Hall–Kier alpha value is -1.89. The van der Waals surface area contributed by atoms with Crippen LogP contribution in [0.25, 0.3) is 0 Å². The number of hydrogen-bond donors (Lipinski definition) is 2. The Balaban J connectivity index is 2.04. The standard InChI is InChI=1S/C14H17NO5S/c1-2-13-15(9(8-21-13)14(18)19)12(17)7-20-11-6-4-3-5-10(11)16/h3-6,9,13,16H,2,7-8H2,1H3,(H,18,19). The average molecular weight is 311 g/mol. The van der Waals surface area contributed by atoms with Crippen molar-refractivity contribution in [1.29, 1.82) is 0 Å². The number of amides is 1. The van der Waals surface area contributed by atoms with E-state index in [1.807, 2.05) is 6.92 Å². The van der Waals surface area contributed by atoms with Gasteiger partial charge in [0.15, 0.2) is 18.1 Å². The number of carboxylic acid groups (broad SMARTS) is 1. The maximum Gasteiger partial charge on any atom is 0.327 e. The summed E-state index contributed by atoms with van der Waals surface area (Å²) in [7, 11) is 0. The predicted octanol–water partition coefficient (Wildman–Crippen LogP) is 1.54. The molecule has 2 unspecified atom stereocenters. The van der Waals surface area contributed by atoms with Gasteiger partial charge in [-0.25, -0.2) is 4.79 Å². The largest absolute Gasteiger partial charge is 0.504 e. The maximum atomic E-state index is 12.3. The van der Waals surface area contributed by atoms with Crippen molar-refractivity contribution in [2.75, 3.05) is 12.4 Å². The summed E-state index contributed by atoms with van der Waals surface area (Å²) in [6.07, 6.45) is 0.677. The third-order valence-electron chi connectivity index (χ3n) is 3.23. The van der Waals surface area contributed by atoms with E-state index in [1.54, 1.807) is 18.2 Å². The Morgan fingerprint density at radius 3 is 2.76 bits per heavy atom. The van der Waals surface area contributed by atoms with Gasteiger partial charge < -0.3 is 19.8 Å². The van der Waals surface area contributed by atoms with Crippen molar-refractivity contribution < 1.29 is 24.5 Å². The van der Waals surface area contributed by atoms with E-state index in [0.717, 1.165) is 0 Å². The van der Waals surface area contributed by atoms with E-state index in [9.17, 15) is 19.8 Å². The first-order valence-corrected chi connectivity index (χ1v) is 7.65. The van der Waals surface area contributed by atoms with Crippen LogP contribution in [0.1, 0.15) is 13.3 Å². The molecule has 2 rings (SSSR count). The Morgan fingerprint density at radius 1 is 1.43 bits per heavy atom. The SMILES string of the molecule is CCC1SCC(C(=O)O)N1C(=O)COc1ccccc1O. The Labute approximate surface area is 126 Å². The molecule has 114 valence electrons. The number of phenols is 1. The molecule has 7 heteroatoms. The molecule has 6 nitrogen and oxygen atoms in total. The van der Waals surface area contributed by atoms with Crippen LogP contribution in [0.15, 0.2) is 24.3 Å². The molecule has 0 spiro atoms. The highest BCUT2D eigenvalue weighted by Crippen LogP contribution is 2.32. The van der Waals surface area contributed by atoms with Crippen LogP contribution in [0.3, 0.4) is 0 Å². The Bertz CT molecular complexity index is 536. The van der Waals surface area contributed by atoms with Crippen LogP contribution in [0.2, 0.25) is 0 Å². The zero-order chi connectivity index (χ0) is 15.4. The highest BCUT2D eigenvalue weighted by Gasteiger charge is 2.40. The van der Waals surface area contributed by atoms with Gasteiger partial charge in [-0.2, -0.15) is 0 Å². The van der Waals surface area contributed by atoms with Crippen molar-refractivity contribution in [3.05, 3.63) is 24.3 Å². The quantitative estimate of drug-likeness (QED) is 0.857. The molecule has 2 atom stereocenters. The molecule has 0 saturated carbocycles. The number of benzene rings is 1. The molecule has 21 heavy (non-hydrogen) atoms. The summed E-state index contributed by atoms with van der Waals surface area (Å²) >= 11 is 1.46. The molecule has 2 N–H and O–H groups in total. The van der Waals surface area contributed by atoms with Crippen LogP contribution in [-0.2, 0) is 9.59 Å². The third-order valence-corrected chi connectivity index (χ3v) is 4.68. The van der Waals surface area contributed by atoms with Crippen LogP contribution in [0.4, 0.5) is 0 Å². The Kier molecular flexibility index (Phi) is 4.95. The molecule has 0 aliphatic carbocycles. The second-order valence-corrected chi connectivity index (χ2v) is 5.82. The van der Waals surface area contributed by atoms with Gasteiger partial charge in [-0.15, -0.1) is 11.8 Å². The van der Waals surface area contributed by atoms with E-state index in [1.165, 1.54) is 22.7 Å². The normalized spacial score (nSPS) is 21.3. The minimum atomic E-state index is -1.01. The number of carbonyl (C=O) groups excluding carboxylic acids is 1. The van der Waals surface area contributed by atoms with Gasteiger partial charge in [0.2, 0.25) is 0 Å². The van der Waals surface area contributed by atoms with Crippen molar-refractivity contribution >= 4 is 23.6 Å². The van der Waals surface area contributed by atoms with Gasteiger partial charge in [-0.05, 0) is 18.6 Å². The van der Waals surface area contributed by atoms with Crippen LogP contribution in [0, 0.1) is 0 Å². The van der Waals surface area contributed by atoms with E-state index in [0.29, 0.717) is 12.2 Å². The minimum absolute atomic E-state index is 0.0528. The second-order valence-electron chi connectivity index (χ2n) is 4.61. The van der Waals surface area contributed by atoms with Gasteiger partial charge in [0.05, 0.1) is 5.37 Å². The first-order chi connectivity index (χ1) is 10.0. The van der Waals surface area contributed by atoms with Crippen molar-refractivity contribution in [3.63, 3.8) is 0 Å². The van der Waals surface area contributed by atoms with Crippen LogP contribution < -0.4 is 4.74 Å². The highest BCUT2D eigenvalue weighted by molar-refractivity contribution is 8.00. The third kappa shape index (κ3) is 3.41. The van der Waals surface area contributed by atoms with Gasteiger partial charge in [0.25, 0.3) is 5.91 Å². The number of carbonyl (C=O) groups is 2. The fraction of sp³-hybridized carbons (Fsp3) is 0.429. The summed E-state index contributed by atoms with van der Waals surface area (Å²) in [6, 6.07) is 5.52. The molecule has 0 radical (unpaired) electrons. The second kappa shape index (κ2) is 6.71. The first-order valence-electron chi connectivity index (χ1n) is 6.61. The number of rotatable bonds is 5. The first kappa shape index (κ1) is 15.5. The van der Waals surface area contributed by atoms with Crippen LogP contribution in [-0.4, -0.2) is 50.8 Å². The van der Waals surface area contributed by atoms with E-state index in [2.05, 4.69) is 0 Å². The number of thioether (sulfide) groups is 1. The Morgan fingerprint density at radius 2 is 2.14 bits per heavy atom. The molecular formula is C14H17NO5S. The van der Waals surface area contributed by atoms with Gasteiger partial charge in [0, 0.05) is 5.75 Å². The lowest BCUT2D eigenvalue weighted by atomic mass is 10.2. The van der Waals surface area contributed by atoms with Gasteiger partial charge >= 0.3 is 5.97 Å². The number of para-hydroxylation sites is 2. The van der Waals surface area contributed by atoms with Crippen molar-refractivity contribution in [1.82, 2.24) is 4.90 Å². The lowest BCUT2D eigenvalue weighted by Crippen LogP contribution is -2.47. The molecule has 0 bridgehead atoms. The number of aliphatic carboxylic acids is 1. The number of phenolic OH excluding ortho intramolecular Hbond substituents is 1. The molecule has 0 aromatic heterocycles. The molecule has 1 aromatic rings. The van der Waals surface area contributed by atoms with Crippen molar-refractivity contribution in [3.8, 4) is 11.5 Å². The van der Waals surface area contributed by atoms with E-state index >= 15 is 0 Å². The van der Waals surface area contributed by atoms with Gasteiger partial charge in [-0.3, -0.25) is 4.79 Å². The monoisotopic (exact) mass is 311 g/mol. The fourth-order valence-electron chi connectivity index (χ4n) is 2.20. The molecule has 1 aliphatic heterocycles. The predicted molar refractivity (Wildman–Crippen MR) is 78.4 cm³/mol. The molecule has 1 heterocycles. The maximum absolute atomic E-state index is 12.3. The van der Waals surface area contributed by atoms with E-state index in [4.69, 9.17) is 4.74 Å². The van der Waals surface area contributed by atoms with Crippen LogP contribution >= 0.6 is 11.8 Å². The molecule has 1 fully saturated rings. The summed E-state index contributed by atoms with van der Waals surface area (Å²) in [5.41, 5.74) is 0. The number of nitrogens with zero attached hydrogens (tertiary/aromatic N) is 1. The highest BCUT2D eigenvalue weighted by atomic mass is 32.2. The minimum Gasteiger partial charge on any atom is -0.504 e. The smallest absolute Gasteiger partial charge is 0.327 e. The molecule has 1 saturated heterocycles. The van der Waals surface area contributed by atoms with E-state index < -0.39 is 12.0 Å². The average Bonchev–Trinajstić information content (AvgIpc) is 2.90. The number of ether oxygens (including phenoxy) is 1. The zero-order valence-corrected chi connectivity index (χ0v) is 12.4. The van der Waals surface area contributed by atoms with Crippen molar-refractivity contribution in [2.24, 2.45) is 0 Å². The van der Waals surface area contributed by atoms with Crippen molar-refractivity contribution in [2.45, 2.75) is 24.8 Å². The molecule has 1 aliphatic rings. The fourth-order valence-corrected chi connectivity index (χ4v) is 3.56. The molecular weight excluding hydrogens is 294 g/mol. The lowest BCUT2D eigenvalue weighted by molar-refractivity contribution is -0.150. The molecule has 1 aromatic carbocycles. The van der Waals surface area contributed by atoms with Crippen LogP contribution in [0.5, 0.6) is 11.5 Å². The summed E-state index contributed by atoms with van der Waals surface area (Å²) in [5, 5.41) is 18.6.